The summed E-state index contributed by atoms with van der Waals surface area (Å²) in [6, 6.07) is 14.8. The summed E-state index contributed by atoms with van der Waals surface area (Å²) < 4.78 is 0. The second-order valence-electron chi connectivity index (χ2n) is 4.89. The van der Waals surface area contributed by atoms with Gasteiger partial charge >= 0.3 is 0 Å². The summed E-state index contributed by atoms with van der Waals surface area (Å²) in [5.41, 5.74) is 2.61. The van der Waals surface area contributed by atoms with Crippen molar-refractivity contribution in [3.63, 3.8) is 0 Å². The maximum Gasteiger partial charge on any atom is 0.271 e. The predicted molar refractivity (Wildman–Crippen MR) is 93.4 cm³/mol. The van der Waals surface area contributed by atoms with Crippen molar-refractivity contribution in [1.29, 1.82) is 5.41 Å². The van der Waals surface area contributed by atoms with Gasteiger partial charge in [0.05, 0.1) is 10.6 Å². The van der Waals surface area contributed by atoms with E-state index in [2.05, 4.69) is 0 Å². The van der Waals surface area contributed by atoms with Crippen molar-refractivity contribution in [2.24, 2.45) is 0 Å². The molecule has 5 heteroatoms. The number of carbonyl (C=O) groups excluding carboxylic acids is 1. The Bertz CT molecular complexity index is 784. The van der Waals surface area contributed by atoms with Crippen LogP contribution in [-0.2, 0) is 4.79 Å². The topological polar surface area (TPSA) is 44.2 Å². The molecule has 0 bridgehead atoms. The van der Waals surface area contributed by atoms with E-state index < -0.39 is 0 Å². The van der Waals surface area contributed by atoms with E-state index in [4.69, 9.17) is 17.0 Å². The number of hydrogen-bond donors (Lipinski definition) is 1. The first kappa shape index (κ1) is 14.9. The number of para-hydroxylation sites is 1. The quantitative estimate of drug-likeness (QED) is 0.812. The zero-order valence-electron chi connectivity index (χ0n) is 11.8. The normalized spacial score (nSPS) is 16.6. The molecule has 1 heterocycles. The zero-order chi connectivity index (χ0) is 15.7. The smallest absolute Gasteiger partial charge is 0.271 e. The molecule has 1 amide bonds. The standard InChI is InChI=1S/C17H13ClN2OS/c1-11-4-2-3-5-14(11)20-16(21)15(22-17(20)19)10-12-6-8-13(18)9-7-12/h2-10,19H,1H3/b15-10-,19-17?. The maximum absolute atomic E-state index is 12.6. The van der Waals surface area contributed by atoms with Gasteiger partial charge in [-0.3, -0.25) is 15.1 Å². The van der Waals surface area contributed by atoms with Crippen molar-refractivity contribution < 1.29 is 4.79 Å². The summed E-state index contributed by atoms with van der Waals surface area (Å²) in [6.45, 7) is 1.93. The van der Waals surface area contributed by atoms with E-state index in [-0.39, 0.29) is 11.1 Å². The molecule has 1 N–H and O–H groups in total. The predicted octanol–water partition coefficient (Wildman–Crippen LogP) is 4.70. The maximum atomic E-state index is 12.6. The molecule has 1 saturated heterocycles. The molecule has 3 rings (SSSR count). The Hall–Kier alpha value is -2.04. The minimum Gasteiger partial charge on any atom is -0.278 e. The van der Waals surface area contributed by atoms with Crippen molar-refractivity contribution in [2.45, 2.75) is 6.92 Å². The second kappa shape index (κ2) is 5.99. The number of benzene rings is 2. The lowest BCUT2D eigenvalue weighted by atomic mass is 10.1. The van der Waals surface area contributed by atoms with Gasteiger partial charge in [-0.25, -0.2) is 0 Å². The van der Waals surface area contributed by atoms with Gasteiger partial charge in [-0.1, -0.05) is 41.9 Å². The number of rotatable bonds is 2. The number of amidine groups is 1. The lowest BCUT2D eigenvalue weighted by Crippen LogP contribution is -2.28. The summed E-state index contributed by atoms with van der Waals surface area (Å²) in [6.07, 6.45) is 1.79. The minimum atomic E-state index is -0.167. The highest BCUT2D eigenvalue weighted by molar-refractivity contribution is 8.19. The summed E-state index contributed by atoms with van der Waals surface area (Å²) in [7, 11) is 0. The average molecular weight is 329 g/mol. The van der Waals surface area contributed by atoms with Crippen molar-refractivity contribution >= 4 is 46.2 Å². The van der Waals surface area contributed by atoms with Crippen LogP contribution in [0.2, 0.25) is 5.02 Å². The molecule has 110 valence electrons. The molecule has 3 nitrogen and oxygen atoms in total. The molecular weight excluding hydrogens is 316 g/mol. The number of amides is 1. The number of nitrogens with one attached hydrogen (secondary N) is 1. The van der Waals surface area contributed by atoms with Gasteiger partial charge in [0.1, 0.15) is 0 Å². The fourth-order valence-corrected chi connectivity index (χ4v) is 3.21. The van der Waals surface area contributed by atoms with Crippen LogP contribution in [0.3, 0.4) is 0 Å². The van der Waals surface area contributed by atoms with Crippen LogP contribution in [0.15, 0.2) is 53.4 Å². The molecule has 22 heavy (non-hydrogen) atoms. The Balaban J connectivity index is 1.95. The molecular formula is C17H13ClN2OS. The SMILES string of the molecule is Cc1ccccc1N1C(=N)S/C(=C\c2ccc(Cl)cc2)C1=O. The van der Waals surface area contributed by atoms with Gasteiger partial charge in [-0.05, 0) is 54.1 Å². The first-order valence-corrected chi connectivity index (χ1v) is 7.89. The highest BCUT2D eigenvalue weighted by atomic mass is 35.5. The van der Waals surface area contributed by atoms with Crippen molar-refractivity contribution in [2.75, 3.05) is 4.90 Å². The third-order valence-electron chi connectivity index (χ3n) is 3.35. The van der Waals surface area contributed by atoms with Crippen molar-refractivity contribution in [3.05, 3.63) is 69.6 Å². The van der Waals surface area contributed by atoms with Crippen molar-refractivity contribution in [3.8, 4) is 0 Å². The van der Waals surface area contributed by atoms with E-state index in [0.29, 0.717) is 9.93 Å². The third-order valence-corrected chi connectivity index (χ3v) is 4.49. The number of thioether (sulfide) groups is 1. The number of hydrogen-bond acceptors (Lipinski definition) is 3. The number of nitrogens with zero attached hydrogens (tertiary/aromatic N) is 1. The molecule has 0 spiro atoms. The highest BCUT2D eigenvalue weighted by Crippen LogP contribution is 2.36. The zero-order valence-corrected chi connectivity index (χ0v) is 13.4. The fraction of sp³-hybridized carbons (Fsp3) is 0.0588. The van der Waals surface area contributed by atoms with Gasteiger partial charge in [0, 0.05) is 5.02 Å². The average Bonchev–Trinajstić information content (AvgIpc) is 2.77. The van der Waals surface area contributed by atoms with E-state index in [1.54, 1.807) is 18.2 Å². The Kier molecular flexibility index (Phi) is 4.05. The minimum absolute atomic E-state index is 0.167. The molecule has 1 aliphatic rings. The van der Waals surface area contributed by atoms with Crippen LogP contribution >= 0.6 is 23.4 Å². The molecule has 0 saturated carbocycles. The largest absolute Gasteiger partial charge is 0.278 e. The molecule has 0 aromatic heterocycles. The Morgan fingerprint density at radius 2 is 1.82 bits per heavy atom. The van der Waals surface area contributed by atoms with Crippen LogP contribution in [-0.4, -0.2) is 11.1 Å². The van der Waals surface area contributed by atoms with E-state index in [1.165, 1.54) is 16.7 Å². The Morgan fingerprint density at radius 3 is 2.50 bits per heavy atom. The van der Waals surface area contributed by atoms with Crippen LogP contribution in [0, 0.1) is 12.3 Å². The van der Waals surface area contributed by atoms with Crippen LogP contribution in [0.1, 0.15) is 11.1 Å². The van der Waals surface area contributed by atoms with E-state index in [1.807, 2.05) is 43.3 Å². The Morgan fingerprint density at radius 1 is 1.14 bits per heavy atom. The van der Waals surface area contributed by atoms with E-state index in [9.17, 15) is 4.79 Å². The number of anilines is 1. The summed E-state index contributed by atoms with van der Waals surface area (Å²) in [4.78, 5) is 14.6. The van der Waals surface area contributed by atoms with Gasteiger partial charge in [-0.2, -0.15) is 0 Å². The molecule has 2 aromatic carbocycles. The molecule has 0 unspecified atom stereocenters. The van der Waals surface area contributed by atoms with Gasteiger partial charge in [-0.15, -0.1) is 0 Å². The first-order chi connectivity index (χ1) is 10.6. The van der Waals surface area contributed by atoms with Crippen molar-refractivity contribution in [1.82, 2.24) is 0 Å². The monoisotopic (exact) mass is 328 g/mol. The molecule has 1 aliphatic heterocycles. The van der Waals surface area contributed by atoms with Crippen LogP contribution < -0.4 is 4.90 Å². The van der Waals surface area contributed by atoms with Crippen LogP contribution in [0.25, 0.3) is 6.08 Å². The number of carbonyl (C=O) groups is 1. The molecule has 2 aromatic rings. The third kappa shape index (κ3) is 2.80. The molecule has 0 radical (unpaired) electrons. The Labute approximate surface area is 138 Å². The van der Waals surface area contributed by atoms with Crippen LogP contribution in [0.5, 0.6) is 0 Å². The van der Waals surface area contributed by atoms with Gasteiger partial charge in [0.25, 0.3) is 5.91 Å². The summed E-state index contributed by atoms with van der Waals surface area (Å²) in [5.74, 6) is -0.167. The van der Waals surface area contributed by atoms with Crippen LogP contribution in [0.4, 0.5) is 5.69 Å². The molecule has 0 aliphatic carbocycles. The van der Waals surface area contributed by atoms with Gasteiger partial charge in [0.15, 0.2) is 5.17 Å². The second-order valence-corrected chi connectivity index (χ2v) is 6.36. The van der Waals surface area contributed by atoms with E-state index in [0.717, 1.165) is 16.8 Å². The first-order valence-electron chi connectivity index (χ1n) is 6.70. The van der Waals surface area contributed by atoms with Gasteiger partial charge < -0.3 is 0 Å². The van der Waals surface area contributed by atoms with Gasteiger partial charge in [0.2, 0.25) is 0 Å². The molecule has 1 fully saturated rings. The number of halogens is 1. The summed E-state index contributed by atoms with van der Waals surface area (Å²) in [5, 5.41) is 8.98. The molecule has 0 atom stereocenters. The lowest BCUT2D eigenvalue weighted by molar-refractivity contribution is -0.113. The summed E-state index contributed by atoms with van der Waals surface area (Å²) >= 11 is 7.04. The number of aryl methyl sites for hydroxylation is 1. The van der Waals surface area contributed by atoms with E-state index >= 15 is 0 Å². The fourth-order valence-electron chi connectivity index (χ4n) is 2.23. The lowest BCUT2D eigenvalue weighted by Gasteiger charge is -2.16. The highest BCUT2D eigenvalue weighted by Gasteiger charge is 2.34.